The fourth-order valence-corrected chi connectivity index (χ4v) is 1.60. The van der Waals surface area contributed by atoms with Crippen LogP contribution < -0.4 is 4.74 Å². The molecule has 2 rings (SSSR count). The summed E-state index contributed by atoms with van der Waals surface area (Å²) in [5.41, 5.74) is 0.442. The largest absolute Gasteiger partial charge is 0.514 e. The molecule has 0 N–H and O–H groups in total. The summed E-state index contributed by atoms with van der Waals surface area (Å²) in [5, 5.41) is 10.7. The number of carbonyl (C=O) groups is 1. The van der Waals surface area contributed by atoms with Crippen LogP contribution in [0, 0.1) is 10.1 Å². The van der Waals surface area contributed by atoms with Gasteiger partial charge in [-0.1, -0.05) is 17.7 Å². The number of nitrogens with zero attached hydrogens (tertiary/aromatic N) is 2. The molecule has 2 aromatic rings. The van der Waals surface area contributed by atoms with Crippen LogP contribution in [-0.2, 0) is 11.3 Å². The number of carbonyl (C=O) groups excluding carboxylic acids is 1. The lowest BCUT2D eigenvalue weighted by molar-refractivity contribution is -0.384. The molecule has 1 aromatic carbocycles. The topological polar surface area (TPSA) is 91.6 Å². The summed E-state index contributed by atoms with van der Waals surface area (Å²) in [5.74, 6) is 0.142. The van der Waals surface area contributed by atoms with Gasteiger partial charge in [0.25, 0.3) is 5.69 Å². The molecular weight excluding hydrogens is 300 g/mol. The zero-order valence-electron chi connectivity index (χ0n) is 10.6. The number of ether oxygens (including phenoxy) is 2. The van der Waals surface area contributed by atoms with Crippen LogP contribution in [0.2, 0.25) is 5.15 Å². The highest BCUT2D eigenvalue weighted by Crippen LogP contribution is 2.18. The molecule has 0 saturated carbocycles. The number of aromatic nitrogens is 1. The molecule has 0 saturated heterocycles. The monoisotopic (exact) mass is 308 g/mol. The minimum absolute atomic E-state index is 0.0848. The van der Waals surface area contributed by atoms with Crippen molar-refractivity contribution in [3.63, 3.8) is 0 Å². The van der Waals surface area contributed by atoms with E-state index in [1.54, 1.807) is 12.1 Å². The summed E-state index contributed by atoms with van der Waals surface area (Å²) >= 11 is 5.81. The van der Waals surface area contributed by atoms with Gasteiger partial charge in [-0.15, -0.1) is 0 Å². The molecule has 0 unspecified atom stereocenters. The minimum atomic E-state index is -0.941. The van der Waals surface area contributed by atoms with E-state index in [2.05, 4.69) is 4.98 Å². The summed E-state index contributed by atoms with van der Waals surface area (Å²) in [6, 6.07) is 8.37. The van der Waals surface area contributed by atoms with E-state index in [0.29, 0.717) is 5.56 Å². The third-order valence-corrected chi connectivity index (χ3v) is 2.77. The molecule has 0 aliphatic carbocycles. The van der Waals surface area contributed by atoms with Crippen LogP contribution in [0.5, 0.6) is 5.75 Å². The Balaban J connectivity index is 1.90. The van der Waals surface area contributed by atoms with Gasteiger partial charge in [-0.3, -0.25) is 10.1 Å². The second kappa shape index (κ2) is 6.67. The Kier molecular flexibility index (Phi) is 4.68. The Bertz CT molecular complexity index is 660. The van der Waals surface area contributed by atoms with Crippen LogP contribution in [0.1, 0.15) is 5.56 Å². The second-order valence-electron chi connectivity index (χ2n) is 3.85. The quantitative estimate of drug-likeness (QED) is 0.283. The molecule has 8 heteroatoms. The fraction of sp³-hybridized carbons (Fsp3) is 0.0769. The molecule has 7 nitrogen and oxygen atoms in total. The van der Waals surface area contributed by atoms with Crippen LogP contribution in [0.15, 0.2) is 42.6 Å². The summed E-state index contributed by atoms with van der Waals surface area (Å²) in [6.45, 7) is -0.0848. The molecule has 0 aliphatic rings. The van der Waals surface area contributed by atoms with Gasteiger partial charge in [0.2, 0.25) is 0 Å². The molecule has 21 heavy (non-hydrogen) atoms. The van der Waals surface area contributed by atoms with Crippen LogP contribution in [-0.4, -0.2) is 16.1 Å². The van der Waals surface area contributed by atoms with E-state index < -0.39 is 11.1 Å². The number of nitro groups is 1. The van der Waals surface area contributed by atoms with Gasteiger partial charge >= 0.3 is 6.16 Å². The summed E-state index contributed by atoms with van der Waals surface area (Å²) in [7, 11) is 0. The van der Waals surface area contributed by atoms with Crippen molar-refractivity contribution >= 4 is 23.4 Å². The number of rotatable bonds is 4. The second-order valence-corrected chi connectivity index (χ2v) is 4.20. The zero-order chi connectivity index (χ0) is 15.2. The number of non-ortho nitro benzene ring substituents is 1. The number of hydrogen-bond acceptors (Lipinski definition) is 6. The molecule has 0 atom stereocenters. The Morgan fingerprint density at radius 1 is 1.29 bits per heavy atom. The average molecular weight is 309 g/mol. The average Bonchev–Trinajstić information content (AvgIpc) is 2.47. The number of nitro benzene ring substituents is 1. The summed E-state index contributed by atoms with van der Waals surface area (Å²) in [6.07, 6.45) is 0.574. The lowest BCUT2D eigenvalue weighted by Crippen LogP contribution is -2.10. The number of halogens is 1. The fourth-order valence-electron chi connectivity index (χ4n) is 1.43. The maximum absolute atomic E-state index is 11.5. The van der Waals surface area contributed by atoms with E-state index in [4.69, 9.17) is 21.1 Å². The third-order valence-electron chi connectivity index (χ3n) is 2.43. The molecule has 0 amide bonds. The van der Waals surface area contributed by atoms with Crippen molar-refractivity contribution in [1.29, 1.82) is 0 Å². The van der Waals surface area contributed by atoms with E-state index in [1.807, 2.05) is 0 Å². The Hall–Kier alpha value is -2.67. The molecule has 0 spiro atoms. The first-order valence-corrected chi connectivity index (χ1v) is 6.12. The van der Waals surface area contributed by atoms with Gasteiger partial charge in [-0.05, 0) is 18.2 Å². The smallest absolute Gasteiger partial charge is 0.429 e. The van der Waals surface area contributed by atoms with Crippen molar-refractivity contribution < 1.29 is 19.2 Å². The number of hydrogen-bond donors (Lipinski definition) is 0. The Morgan fingerprint density at radius 2 is 2.00 bits per heavy atom. The van der Waals surface area contributed by atoms with Crippen LogP contribution >= 0.6 is 11.6 Å². The van der Waals surface area contributed by atoms with Gasteiger partial charge < -0.3 is 9.47 Å². The Morgan fingerprint density at radius 3 is 2.62 bits per heavy atom. The molecular formula is C13H9ClN2O5. The van der Waals surface area contributed by atoms with Crippen molar-refractivity contribution in [3.05, 3.63) is 63.4 Å². The Labute approximate surface area is 124 Å². The predicted octanol–water partition coefficient (Wildman–Crippen LogP) is 3.36. The SMILES string of the molecule is O=C(OCc1cccnc1Cl)Oc1ccc([N+](=O)[O-])cc1. The normalized spacial score (nSPS) is 9.95. The molecule has 1 aromatic heterocycles. The third kappa shape index (κ3) is 4.15. The van der Waals surface area contributed by atoms with E-state index in [0.717, 1.165) is 0 Å². The highest BCUT2D eigenvalue weighted by Gasteiger charge is 2.10. The van der Waals surface area contributed by atoms with Gasteiger partial charge in [0, 0.05) is 23.9 Å². The highest BCUT2D eigenvalue weighted by molar-refractivity contribution is 6.30. The maximum atomic E-state index is 11.5. The molecule has 0 radical (unpaired) electrons. The van der Waals surface area contributed by atoms with Gasteiger partial charge in [0.1, 0.15) is 17.5 Å². The van der Waals surface area contributed by atoms with Crippen molar-refractivity contribution in [3.8, 4) is 5.75 Å². The standard InChI is InChI=1S/C13H9ClN2O5/c14-12-9(2-1-7-15-12)8-20-13(17)21-11-5-3-10(4-6-11)16(18)19/h1-7H,8H2. The first-order valence-electron chi connectivity index (χ1n) is 5.74. The number of pyridine rings is 1. The summed E-state index contributed by atoms with van der Waals surface area (Å²) < 4.78 is 9.73. The van der Waals surface area contributed by atoms with Gasteiger partial charge in [0.05, 0.1) is 4.92 Å². The van der Waals surface area contributed by atoms with Gasteiger partial charge in [-0.25, -0.2) is 9.78 Å². The van der Waals surface area contributed by atoms with Crippen molar-refractivity contribution in [2.24, 2.45) is 0 Å². The molecule has 0 fully saturated rings. The zero-order valence-corrected chi connectivity index (χ0v) is 11.3. The first kappa shape index (κ1) is 14.7. The van der Waals surface area contributed by atoms with Crippen molar-refractivity contribution in [2.45, 2.75) is 6.61 Å². The van der Waals surface area contributed by atoms with Gasteiger partial charge in [-0.2, -0.15) is 0 Å². The molecule has 0 bridgehead atoms. The van der Waals surface area contributed by atoms with Crippen molar-refractivity contribution in [1.82, 2.24) is 4.98 Å². The van der Waals surface area contributed by atoms with E-state index in [9.17, 15) is 14.9 Å². The lowest BCUT2D eigenvalue weighted by atomic mass is 10.3. The van der Waals surface area contributed by atoms with E-state index >= 15 is 0 Å². The predicted molar refractivity (Wildman–Crippen MR) is 73.2 cm³/mol. The first-order chi connectivity index (χ1) is 10.1. The minimum Gasteiger partial charge on any atom is -0.429 e. The molecule has 108 valence electrons. The number of benzene rings is 1. The lowest BCUT2D eigenvalue weighted by Gasteiger charge is -2.06. The van der Waals surface area contributed by atoms with E-state index in [-0.39, 0.29) is 23.2 Å². The van der Waals surface area contributed by atoms with Crippen LogP contribution in [0.3, 0.4) is 0 Å². The van der Waals surface area contributed by atoms with Crippen molar-refractivity contribution in [2.75, 3.05) is 0 Å². The maximum Gasteiger partial charge on any atom is 0.514 e. The summed E-state index contributed by atoms with van der Waals surface area (Å²) in [4.78, 5) is 25.2. The van der Waals surface area contributed by atoms with Crippen LogP contribution in [0.4, 0.5) is 10.5 Å². The van der Waals surface area contributed by atoms with E-state index in [1.165, 1.54) is 30.5 Å². The van der Waals surface area contributed by atoms with Gasteiger partial charge in [0.15, 0.2) is 0 Å². The molecule has 0 aliphatic heterocycles. The highest BCUT2D eigenvalue weighted by atomic mass is 35.5. The molecule has 1 heterocycles. The van der Waals surface area contributed by atoms with Crippen LogP contribution in [0.25, 0.3) is 0 Å².